The zero-order valence-electron chi connectivity index (χ0n) is 8.20. The Hall–Kier alpha value is -0.670. The van der Waals surface area contributed by atoms with Gasteiger partial charge in [-0.1, -0.05) is 13.3 Å². The fourth-order valence-electron chi connectivity index (χ4n) is 1.78. The van der Waals surface area contributed by atoms with Crippen LogP contribution in [-0.2, 0) is 0 Å². The third-order valence-corrected chi connectivity index (χ3v) is 2.54. The van der Waals surface area contributed by atoms with E-state index in [4.69, 9.17) is 10.5 Å². The molecule has 0 saturated heterocycles. The van der Waals surface area contributed by atoms with Crippen LogP contribution in [0.2, 0.25) is 0 Å². The molecule has 1 saturated carbocycles. The van der Waals surface area contributed by atoms with Crippen molar-refractivity contribution in [1.82, 2.24) is 0 Å². The summed E-state index contributed by atoms with van der Waals surface area (Å²) >= 11 is 3.53. The summed E-state index contributed by atoms with van der Waals surface area (Å²) in [4.78, 5) is 0. The van der Waals surface area contributed by atoms with Gasteiger partial charge >= 0.3 is 0 Å². The van der Waals surface area contributed by atoms with Gasteiger partial charge in [0.05, 0.1) is 24.0 Å². The van der Waals surface area contributed by atoms with E-state index in [9.17, 15) is 0 Å². The Balaban J connectivity index is 0.000000671. The van der Waals surface area contributed by atoms with Crippen molar-refractivity contribution in [3.8, 4) is 12.1 Å². The minimum Gasteiger partial charge on any atom is -0.198 e. The molecule has 72 valence electrons. The van der Waals surface area contributed by atoms with Crippen molar-refractivity contribution in [2.75, 3.05) is 6.26 Å². The zero-order chi connectivity index (χ0) is 10.3. The normalized spacial score (nSPS) is 31.9. The van der Waals surface area contributed by atoms with Crippen LogP contribution in [0.1, 0.15) is 26.2 Å². The van der Waals surface area contributed by atoms with Crippen LogP contribution in [0.15, 0.2) is 0 Å². The lowest BCUT2D eigenvalue weighted by molar-refractivity contribution is 0.259. The molecule has 2 nitrogen and oxygen atoms in total. The van der Waals surface area contributed by atoms with Gasteiger partial charge in [0.25, 0.3) is 0 Å². The highest BCUT2D eigenvalue weighted by Gasteiger charge is 2.30. The Morgan fingerprint density at radius 1 is 1.15 bits per heavy atom. The first-order valence-electron chi connectivity index (χ1n) is 4.53. The lowest BCUT2D eigenvalue weighted by atomic mass is 9.74. The minimum absolute atomic E-state index is 0.0104. The van der Waals surface area contributed by atoms with Crippen LogP contribution in [0.5, 0.6) is 0 Å². The van der Waals surface area contributed by atoms with Gasteiger partial charge in [-0.3, -0.25) is 0 Å². The van der Waals surface area contributed by atoms with Crippen LogP contribution < -0.4 is 0 Å². The summed E-state index contributed by atoms with van der Waals surface area (Å²) in [6.07, 6.45) is 4.83. The molecule has 0 aliphatic heterocycles. The molecule has 0 aromatic rings. The van der Waals surface area contributed by atoms with Gasteiger partial charge in [0.15, 0.2) is 0 Å². The first-order chi connectivity index (χ1) is 6.29. The van der Waals surface area contributed by atoms with Crippen molar-refractivity contribution < 1.29 is 0 Å². The van der Waals surface area contributed by atoms with E-state index in [1.54, 1.807) is 6.26 Å². The largest absolute Gasteiger partial charge is 0.198 e. The van der Waals surface area contributed by atoms with Crippen LogP contribution in [0.25, 0.3) is 0 Å². The average molecular weight is 196 g/mol. The number of rotatable bonds is 0. The maximum atomic E-state index is 8.76. The van der Waals surface area contributed by atoms with Crippen LogP contribution >= 0.6 is 12.6 Å². The monoisotopic (exact) mass is 196 g/mol. The zero-order valence-corrected chi connectivity index (χ0v) is 9.09. The van der Waals surface area contributed by atoms with Gasteiger partial charge < -0.3 is 0 Å². The van der Waals surface area contributed by atoms with Gasteiger partial charge in [0.1, 0.15) is 0 Å². The van der Waals surface area contributed by atoms with Crippen molar-refractivity contribution in [1.29, 1.82) is 10.5 Å². The van der Waals surface area contributed by atoms with E-state index in [-0.39, 0.29) is 11.8 Å². The van der Waals surface area contributed by atoms with Gasteiger partial charge in [-0.15, -0.1) is 0 Å². The van der Waals surface area contributed by atoms with E-state index in [1.165, 1.54) is 0 Å². The summed E-state index contributed by atoms with van der Waals surface area (Å²) in [6, 6.07) is 4.44. The second-order valence-electron chi connectivity index (χ2n) is 3.30. The van der Waals surface area contributed by atoms with Crippen LogP contribution in [-0.4, -0.2) is 6.26 Å². The molecule has 0 aromatic carbocycles. The maximum Gasteiger partial charge on any atom is 0.0672 e. The van der Waals surface area contributed by atoms with Gasteiger partial charge in [-0.2, -0.15) is 23.2 Å². The highest BCUT2D eigenvalue weighted by atomic mass is 32.1. The molecule has 3 atom stereocenters. The number of nitrogens with zero attached hydrogens (tertiary/aromatic N) is 2. The Kier molecular flexibility index (Phi) is 6.45. The minimum atomic E-state index is -0.0197. The fraction of sp³-hybridized carbons (Fsp3) is 0.800. The molecule has 0 heterocycles. The lowest BCUT2D eigenvalue weighted by Gasteiger charge is -2.27. The molecule has 0 radical (unpaired) electrons. The molecular weight excluding hydrogens is 180 g/mol. The summed E-state index contributed by atoms with van der Waals surface area (Å²) < 4.78 is 0. The smallest absolute Gasteiger partial charge is 0.0672 e. The third-order valence-electron chi connectivity index (χ3n) is 2.54. The predicted octanol–water partition coefficient (Wildman–Crippen LogP) is 2.63. The maximum absolute atomic E-state index is 8.76. The lowest BCUT2D eigenvalue weighted by Crippen LogP contribution is -2.24. The number of thiol groups is 1. The van der Waals surface area contributed by atoms with Crippen LogP contribution in [0.4, 0.5) is 0 Å². The molecule has 0 N–H and O–H groups in total. The Bertz CT molecular complexity index is 214. The number of nitriles is 2. The first-order valence-corrected chi connectivity index (χ1v) is 5.43. The molecule has 1 aliphatic rings. The molecule has 0 spiro atoms. The summed E-state index contributed by atoms with van der Waals surface area (Å²) in [5.41, 5.74) is 0. The Morgan fingerprint density at radius 3 is 2.15 bits per heavy atom. The predicted molar refractivity (Wildman–Crippen MR) is 56.1 cm³/mol. The SMILES string of the molecule is CC1CCCC(C#N)C1C#N.CS. The molecular formula is C10H16N2S. The standard InChI is InChI=1S/C9H12N2.CH4S/c1-7-3-2-4-8(5-10)9(7)6-11;1-2/h7-9H,2-4H2,1H3;2H,1H3. The molecule has 0 amide bonds. The van der Waals surface area contributed by atoms with E-state index in [0.29, 0.717) is 5.92 Å². The summed E-state index contributed by atoms with van der Waals surface area (Å²) in [7, 11) is 0. The molecule has 1 aliphatic carbocycles. The van der Waals surface area contributed by atoms with Crippen molar-refractivity contribution in [3.05, 3.63) is 0 Å². The van der Waals surface area contributed by atoms with Gasteiger partial charge in [-0.05, 0) is 25.0 Å². The fourth-order valence-corrected chi connectivity index (χ4v) is 1.78. The molecule has 0 aromatic heterocycles. The quantitative estimate of drug-likeness (QED) is 0.605. The summed E-state index contributed by atoms with van der Waals surface area (Å²) in [5, 5.41) is 17.5. The number of hydrogen-bond acceptors (Lipinski definition) is 3. The van der Waals surface area contributed by atoms with E-state index >= 15 is 0 Å². The van der Waals surface area contributed by atoms with Crippen molar-refractivity contribution >= 4 is 12.6 Å². The summed E-state index contributed by atoms with van der Waals surface area (Å²) in [5.74, 6) is 0.385. The molecule has 0 bridgehead atoms. The highest BCUT2D eigenvalue weighted by Crippen LogP contribution is 2.33. The number of hydrogen-bond donors (Lipinski definition) is 1. The molecule has 3 unspecified atom stereocenters. The molecule has 1 rings (SSSR count). The van der Waals surface area contributed by atoms with E-state index in [2.05, 4.69) is 31.7 Å². The van der Waals surface area contributed by atoms with Crippen molar-refractivity contribution in [2.24, 2.45) is 17.8 Å². The first kappa shape index (κ1) is 12.3. The second kappa shape index (κ2) is 6.80. The van der Waals surface area contributed by atoms with Crippen LogP contribution in [0, 0.1) is 40.4 Å². The molecule has 3 heteroatoms. The Morgan fingerprint density at radius 2 is 1.77 bits per heavy atom. The van der Waals surface area contributed by atoms with E-state index in [0.717, 1.165) is 19.3 Å². The van der Waals surface area contributed by atoms with Crippen molar-refractivity contribution in [3.63, 3.8) is 0 Å². The average Bonchev–Trinajstić information content (AvgIpc) is 2.20. The molecule has 13 heavy (non-hydrogen) atoms. The highest BCUT2D eigenvalue weighted by molar-refractivity contribution is 7.79. The van der Waals surface area contributed by atoms with Crippen molar-refractivity contribution in [2.45, 2.75) is 26.2 Å². The molecule has 1 fully saturated rings. The Labute approximate surface area is 86.0 Å². The van der Waals surface area contributed by atoms with Gasteiger partial charge in [0, 0.05) is 0 Å². The van der Waals surface area contributed by atoms with E-state index in [1.807, 2.05) is 0 Å². The topological polar surface area (TPSA) is 47.6 Å². The summed E-state index contributed by atoms with van der Waals surface area (Å²) in [6.45, 7) is 2.07. The third kappa shape index (κ3) is 3.28. The van der Waals surface area contributed by atoms with E-state index < -0.39 is 0 Å². The van der Waals surface area contributed by atoms with Gasteiger partial charge in [0.2, 0.25) is 0 Å². The van der Waals surface area contributed by atoms with Gasteiger partial charge in [-0.25, -0.2) is 0 Å². The second-order valence-corrected chi connectivity index (χ2v) is 3.30. The van der Waals surface area contributed by atoms with Crippen LogP contribution in [0.3, 0.4) is 0 Å².